The first-order chi connectivity index (χ1) is 9.47. The zero-order valence-electron chi connectivity index (χ0n) is 12.1. The highest BCUT2D eigenvalue weighted by Gasteiger charge is 2.29. The highest BCUT2D eigenvalue weighted by atomic mass is 16.2. The van der Waals surface area contributed by atoms with Gasteiger partial charge in [0.25, 0.3) is 5.91 Å². The van der Waals surface area contributed by atoms with E-state index in [0.29, 0.717) is 18.4 Å². The second kappa shape index (κ2) is 6.02. The van der Waals surface area contributed by atoms with Crippen molar-refractivity contribution in [1.82, 2.24) is 25.4 Å². The number of aromatic amines is 1. The van der Waals surface area contributed by atoms with Crippen molar-refractivity contribution >= 4 is 11.8 Å². The smallest absolute Gasteiger partial charge is 0.293 e. The quantitative estimate of drug-likeness (QED) is 0.794. The molecule has 2 N–H and O–H groups in total. The van der Waals surface area contributed by atoms with Crippen molar-refractivity contribution in [2.24, 2.45) is 5.92 Å². The Morgan fingerprint density at radius 3 is 2.75 bits per heavy atom. The van der Waals surface area contributed by atoms with Gasteiger partial charge in [-0.3, -0.25) is 14.7 Å². The van der Waals surface area contributed by atoms with Gasteiger partial charge in [0.1, 0.15) is 5.82 Å². The van der Waals surface area contributed by atoms with Crippen LogP contribution in [0.2, 0.25) is 0 Å². The van der Waals surface area contributed by atoms with Crippen LogP contribution < -0.4 is 5.32 Å². The number of nitrogens with one attached hydrogen (secondary N) is 2. The molecule has 7 heteroatoms. The lowest BCUT2D eigenvalue weighted by Crippen LogP contribution is -2.39. The number of carbonyl (C=O) groups is 2. The zero-order valence-corrected chi connectivity index (χ0v) is 12.1. The van der Waals surface area contributed by atoms with E-state index in [2.05, 4.69) is 20.5 Å². The second-order valence-electron chi connectivity index (χ2n) is 5.68. The molecule has 7 nitrogen and oxygen atoms in total. The van der Waals surface area contributed by atoms with Crippen LogP contribution in [0.15, 0.2) is 0 Å². The van der Waals surface area contributed by atoms with Crippen molar-refractivity contribution in [3.05, 3.63) is 11.6 Å². The average Bonchev–Trinajstić information content (AvgIpc) is 3.13. The van der Waals surface area contributed by atoms with E-state index in [1.165, 1.54) is 4.90 Å². The zero-order chi connectivity index (χ0) is 14.7. The SMILES string of the molecule is CC(C)CNC(=O)CN(C)C(=O)c1n[nH]c(C2CC2)n1. The predicted molar refractivity (Wildman–Crippen MR) is 73.2 cm³/mol. The molecular weight excluding hydrogens is 258 g/mol. The number of amides is 2. The van der Waals surface area contributed by atoms with Crippen LogP contribution in [-0.2, 0) is 4.79 Å². The molecule has 1 aromatic heterocycles. The van der Waals surface area contributed by atoms with E-state index in [-0.39, 0.29) is 24.2 Å². The van der Waals surface area contributed by atoms with E-state index >= 15 is 0 Å². The molecule has 0 bridgehead atoms. The maximum Gasteiger partial charge on any atom is 0.293 e. The van der Waals surface area contributed by atoms with Crippen LogP contribution in [0.5, 0.6) is 0 Å². The van der Waals surface area contributed by atoms with Crippen molar-refractivity contribution in [2.45, 2.75) is 32.6 Å². The lowest BCUT2D eigenvalue weighted by atomic mass is 10.2. The van der Waals surface area contributed by atoms with Crippen molar-refractivity contribution in [3.63, 3.8) is 0 Å². The summed E-state index contributed by atoms with van der Waals surface area (Å²) in [4.78, 5) is 29.3. The first-order valence-electron chi connectivity index (χ1n) is 6.91. The molecule has 0 spiro atoms. The molecule has 2 rings (SSSR count). The Kier molecular flexibility index (Phi) is 4.36. The fourth-order valence-corrected chi connectivity index (χ4v) is 1.74. The Hall–Kier alpha value is -1.92. The average molecular weight is 279 g/mol. The predicted octanol–water partition coefficient (Wildman–Crippen LogP) is 0.526. The Labute approximate surface area is 118 Å². The molecule has 0 unspecified atom stereocenters. The van der Waals surface area contributed by atoms with Gasteiger partial charge < -0.3 is 10.2 Å². The molecule has 0 aromatic carbocycles. The Morgan fingerprint density at radius 1 is 1.45 bits per heavy atom. The van der Waals surface area contributed by atoms with E-state index in [9.17, 15) is 9.59 Å². The molecule has 1 aromatic rings. The van der Waals surface area contributed by atoms with Gasteiger partial charge in [-0.2, -0.15) is 0 Å². The van der Waals surface area contributed by atoms with Gasteiger partial charge in [-0.25, -0.2) is 4.98 Å². The number of hydrogen-bond acceptors (Lipinski definition) is 4. The molecule has 1 heterocycles. The summed E-state index contributed by atoms with van der Waals surface area (Å²) in [7, 11) is 1.57. The maximum absolute atomic E-state index is 12.1. The number of carbonyl (C=O) groups excluding carboxylic acids is 2. The standard InChI is InChI=1S/C13H21N5O2/c1-8(2)6-14-10(19)7-18(3)13(20)12-15-11(16-17-12)9-4-5-9/h8-9H,4-7H2,1-3H3,(H,14,19)(H,15,16,17). The first-order valence-corrected chi connectivity index (χ1v) is 6.91. The molecule has 0 atom stereocenters. The minimum absolute atomic E-state index is 0.0128. The largest absolute Gasteiger partial charge is 0.354 e. The summed E-state index contributed by atoms with van der Waals surface area (Å²) in [5.41, 5.74) is 0. The van der Waals surface area contributed by atoms with Gasteiger partial charge in [-0.15, -0.1) is 5.10 Å². The molecule has 0 aliphatic heterocycles. The molecule has 0 radical (unpaired) electrons. The van der Waals surface area contributed by atoms with Crippen molar-refractivity contribution in [2.75, 3.05) is 20.1 Å². The van der Waals surface area contributed by atoms with E-state index in [1.807, 2.05) is 13.8 Å². The van der Waals surface area contributed by atoms with E-state index in [4.69, 9.17) is 0 Å². The van der Waals surface area contributed by atoms with Gasteiger partial charge in [0.2, 0.25) is 11.7 Å². The summed E-state index contributed by atoms with van der Waals surface area (Å²) < 4.78 is 0. The van der Waals surface area contributed by atoms with Gasteiger partial charge in [-0.1, -0.05) is 13.8 Å². The monoisotopic (exact) mass is 279 g/mol. The van der Waals surface area contributed by atoms with Crippen LogP contribution in [0.4, 0.5) is 0 Å². The van der Waals surface area contributed by atoms with Crippen molar-refractivity contribution in [1.29, 1.82) is 0 Å². The summed E-state index contributed by atoms with van der Waals surface area (Å²) in [6, 6.07) is 0. The Balaban J connectivity index is 1.85. The molecule has 20 heavy (non-hydrogen) atoms. The molecule has 0 saturated heterocycles. The minimum Gasteiger partial charge on any atom is -0.354 e. The van der Waals surface area contributed by atoms with Crippen LogP contribution in [-0.4, -0.2) is 52.0 Å². The van der Waals surface area contributed by atoms with Crippen molar-refractivity contribution < 1.29 is 9.59 Å². The van der Waals surface area contributed by atoms with E-state index in [1.54, 1.807) is 7.05 Å². The molecule has 1 aliphatic rings. The number of aromatic nitrogens is 3. The summed E-state index contributed by atoms with van der Waals surface area (Å²) in [5.74, 6) is 1.19. The third-order valence-corrected chi connectivity index (χ3v) is 3.09. The molecular formula is C13H21N5O2. The van der Waals surface area contributed by atoms with Gasteiger partial charge in [-0.05, 0) is 18.8 Å². The second-order valence-corrected chi connectivity index (χ2v) is 5.68. The van der Waals surface area contributed by atoms with Crippen LogP contribution in [0.3, 0.4) is 0 Å². The molecule has 110 valence electrons. The summed E-state index contributed by atoms with van der Waals surface area (Å²) in [6.45, 7) is 4.65. The topological polar surface area (TPSA) is 91.0 Å². The first kappa shape index (κ1) is 14.5. The van der Waals surface area contributed by atoms with Gasteiger partial charge >= 0.3 is 0 Å². The lowest BCUT2D eigenvalue weighted by Gasteiger charge is -2.15. The van der Waals surface area contributed by atoms with Gasteiger partial charge in [0.15, 0.2) is 0 Å². The number of likely N-dealkylation sites (N-methyl/N-ethyl adjacent to an activating group) is 1. The Bertz CT molecular complexity index is 493. The summed E-state index contributed by atoms with van der Waals surface area (Å²) in [5, 5.41) is 9.48. The summed E-state index contributed by atoms with van der Waals surface area (Å²) >= 11 is 0. The normalized spacial score (nSPS) is 14.4. The third kappa shape index (κ3) is 3.79. The van der Waals surface area contributed by atoms with E-state index in [0.717, 1.165) is 18.7 Å². The summed E-state index contributed by atoms with van der Waals surface area (Å²) in [6.07, 6.45) is 2.19. The third-order valence-electron chi connectivity index (χ3n) is 3.09. The maximum atomic E-state index is 12.1. The molecule has 2 amide bonds. The molecule has 1 aliphatic carbocycles. The van der Waals surface area contributed by atoms with Crippen LogP contribution in [0, 0.1) is 5.92 Å². The highest BCUT2D eigenvalue weighted by Crippen LogP contribution is 2.37. The van der Waals surface area contributed by atoms with Crippen LogP contribution in [0.25, 0.3) is 0 Å². The van der Waals surface area contributed by atoms with Crippen LogP contribution in [0.1, 0.15) is 49.1 Å². The molecule has 1 saturated carbocycles. The Morgan fingerprint density at radius 2 is 2.15 bits per heavy atom. The van der Waals surface area contributed by atoms with Gasteiger partial charge in [0.05, 0.1) is 6.54 Å². The van der Waals surface area contributed by atoms with Crippen LogP contribution >= 0.6 is 0 Å². The fraction of sp³-hybridized carbons (Fsp3) is 0.692. The number of hydrogen-bond donors (Lipinski definition) is 2. The number of nitrogens with zero attached hydrogens (tertiary/aromatic N) is 3. The lowest BCUT2D eigenvalue weighted by molar-refractivity contribution is -0.121. The highest BCUT2D eigenvalue weighted by molar-refractivity contribution is 5.93. The number of rotatable bonds is 6. The fourth-order valence-electron chi connectivity index (χ4n) is 1.74. The van der Waals surface area contributed by atoms with Gasteiger partial charge in [0, 0.05) is 19.5 Å². The molecule has 1 fully saturated rings. The minimum atomic E-state index is -0.340. The van der Waals surface area contributed by atoms with E-state index < -0.39 is 0 Å². The van der Waals surface area contributed by atoms with Crippen molar-refractivity contribution in [3.8, 4) is 0 Å². The number of H-pyrrole nitrogens is 1.